The highest BCUT2D eigenvalue weighted by molar-refractivity contribution is 6.33. The van der Waals surface area contributed by atoms with E-state index in [-0.39, 0.29) is 0 Å². The summed E-state index contributed by atoms with van der Waals surface area (Å²) in [5.74, 6) is 0.926. The van der Waals surface area contributed by atoms with Crippen LogP contribution in [-0.4, -0.2) is 48.6 Å². The largest absolute Gasteiger partial charge is 0.353 e. The predicted molar refractivity (Wildman–Crippen MR) is 85.5 cm³/mol. The third-order valence-corrected chi connectivity index (χ3v) is 4.08. The molecule has 112 valence electrons. The number of rotatable bonds is 5. The lowest BCUT2D eigenvalue weighted by molar-refractivity contribution is 0.209. The minimum atomic E-state index is 0.614. The highest BCUT2D eigenvalue weighted by atomic mass is 35.5. The summed E-state index contributed by atoms with van der Waals surface area (Å²) in [5, 5.41) is 4.05. The fourth-order valence-corrected chi connectivity index (χ4v) is 2.83. The van der Waals surface area contributed by atoms with Gasteiger partial charge in [0.05, 0.1) is 5.02 Å². The van der Waals surface area contributed by atoms with E-state index in [1.807, 2.05) is 12.3 Å². The van der Waals surface area contributed by atoms with Gasteiger partial charge in [0.15, 0.2) is 0 Å². The number of anilines is 1. The Morgan fingerprint density at radius 3 is 2.55 bits per heavy atom. The van der Waals surface area contributed by atoms with Gasteiger partial charge in [-0.1, -0.05) is 18.5 Å². The lowest BCUT2D eigenvalue weighted by Gasteiger charge is -2.37. The van der Waals surface area contributed by atoms with Crippen LogP contribution in [0.5, 0.6) is 0 Å². The summed E-state index contributed by atoms with van der Waals surface area (Å²) in [4.78, 5) is 9.34. The van der Waals surface area contributed by atoms with Gasteiger partial charge in [-0.3, -0.25) is 4.90 Å². The van der Waals surface area contributed by atoms with Gasteiger partial charge < -0.3 is 10.2 Å². The zero-order chi connectivity index (χ0) is 14.5. The van der Waals surface area contributed by atoms with Crippen molar-refractivity contribution in [1.29, 1.82) is 0 Å². The molecule has 0 unspecified atom stereocenters. The Balaban J connectivity index is 1.99. The van der Waals surface area contributed by atoms with Gasteiger partial charge in [0.1, 0.15) is 5.82 Å². The first-order chi connectivity index (χ1) is 9.61. The highest BCUT2D eigenvalue weighted by Crippen LogP contribution is 2.25. The van der Waals surface area contributed by atoms with E-state index in [1.54, 1.807) is 0 Å². The Kier molecular flexibility index (Phi) is 5.64. The van der Waals surface area contributed by atoms with Crippen LogP contribution in [0.4, 0.5) is 5.82 Å². The van der Waals surface area contributed by atoms with Gasteiger partial charge in [-0.25, -0.2) is 4.98 Å². The summed E-state index contributed by atoms with van der Waals surface area (Å²) in [5.41, 5.74) is 1.14. The standard InChI is InChI=1S/C15H25ClN4/c1-4-17-10-13-9-14(16)15(18-11-13)20-7-5-19(6-8-20)12(2)3/h9,11-12,17H,4-8,10H2,1-3H3. The highest BCUT2D eigenvalue weighted by Gasteiger charge is 2.21. The van der Waals surface area contributed by atoms with Crippen molar-refractivity contribution in [1.82, 2.24) is 15.2 Å². The molecule has 0 aromatic carbocycles. The van der Waals surface area contributed by atoms with Crippen LogP contribution >= 0.6 is 11.6 Å². The molecule has 0 amide bonds. The van der Waals surface area contributed by atoms with E-state index < -0.39 is 0 Å². The van der Waals surface area contributed by atoms with Gasteiger partial charge in [0.2, 0.25) is 0 Å². The first kappa shape index (κ1) is 15.5. The molecule has 2 heterocycles. The Hall–Kier alpha value is -0.840. The lowest BCUT2D eigenvalue weighted by Crippen LogP contribution is -2.49. The van der Waals surface area contributed by atoms with E-state index in [0.717, 1.165) is 55.7 Å². The second kappa shape index (κ2) is 7.25. The average molecular weight is 297 g/mol. The minimum absolute atomic E-state index is 0.614. The maximum Gasteiger partial charge on any atom is 0.147 e. The predicted octanol–water partition coefficient (Wildman–Crippen LogP) is 2.37. The van der Waals surface area contributed by atoms with Crippen LogP contribution in [0, 0.1) is 0 Å². The fraction of sp³-hybridized carbons (Fsp3) is 0.667. The summed E-state index contributed by atoms with van der Waals surface area (Å²) in [6.07, 6.45) is 1.93. The molecule has 2 rings (SSSR count). The molecular formula is C15H25ClN4. The molecule has 1 aromatic rings. The molecule has 0 spiro atoms. The van der Waals surface area contributed by atoms with E-state index in [9.17, 15) is 0 Å². The van der Waals surface area contributed by atoms with Gasteiger partial charge in [-0.15, -0.1) is 0 Å². The van der Waals surface area contributed by atoms with Crippen molar-refractivity contribution in [2.24, 2.45) is 0 Å². The summed E-state index contributed by atoms with van der Waals surface area (Å²) in [7, 11) is 0. The van der Waals surface area contributed by atoms with Crippen LogP contribution in [0.15, 0.2) is 12.3 Å². The number of pyridine rings is 1. The number of halogens is 1. The number of aromatic nitrogens is 1. The summed E-state index contributed by atoms with van der Waals surface area (Å²) in [6, 6.07) is 2.64. The molecule has 1 aliphatic heterocycles. The maximum absolute atomic E-state index is 6.40. The number of hydrogen-bond donors (Lipinski definition) is 1. The third-order valence-electron chi connectivity index (χ3n) is 3.80. The van der Waals surface area contributed by atoms with Gasteiger partial charge in [-0.2, -0.15) is 0 Å². The minimum Gasteiger partial charge on any atom is -0.353 e. The third kappa shape index (κ3) is 3.84. The summed E-state index contributed by atoms with van der Waals surface area (Å²) in [6.45, 7) is 12.5. The van der Waals surface area contributed by atoms with Crippen LogP contribution in [0.1, 0.15) is 26.3 Å². The summed E-state index contributed by atoms with van der Waals surface area (Å²) < 4.78 is 0. The fourth-order valence-electron chi connectivity index (χ4n) is 2.52. The molecule has 1 aliphatic rings. The Bertz CT molecular complexity index is 428. The zero-order valence-corrected chi connectivity index (χ0v) is 13.5. The molecule has 0 bridgehead atoms. The van der Waals surface area contributed by atoms with Crippen LogP contribution in [0.25, 0.3) is 0 Å². The van der Waals surface area contributed by atoms with Crippen molar-refractivity contribution in [3.05, 3.63) is 22.8 Å². The summed E-state index contributed by atoms with van der Waals surface area (Å²) >= 11 is 6.40. The lowest BCUT2D eigenvalue weighted by atomic mass is 10.2. The van der Waals surface area contributed by atoms with E-state index in [4.69, 9.17) is 11.6 Å². The molecule has 20 heavy (non-hydrogen) atoms. The number of nitrogens with one attached hydrogen (secondary N) is 1. The number of piperazine rings is 1. The maximum atomic E-state index is 6.40. The number of hydrogen-bond acceptors (Lipinski definition) is 4. The smallest absolute Gasteiger partial charge is 0.147 e. The molecule has 0 aliphatic carbocycles. The Labute approximate surface area is 127 Å². The SMILES string of the molecule is CCNCc1cnc(N2CCN(C(C)C)CC2)c(Cl)c1. The molecule has 1 saturated heterocycles. The van der Waals surface area contributed by atoms with E-state index >= 15 is 0 Å². The molecule has 1 fully saturated rings. The second-order valence-corrected chi connectivity index (χ2v) is 5.95. The average Bonchev–Trinajstić information content (AvgIpc) is 2.45. The second-order valence-electron chi connectivity index (χ2n) is 5.55. The van der Waals surface area contributed by atoms with Crippen LogP contribution in [0.2, 0.25) is 5.02 Å². The molecule has 0 saturated carbocycles. The monoisotopic (exact) mass is 296 g/mol. The van der Waals surface area contributed by atoms with Crippen LogP contribution < -0.4 is 10.2 Å². The van der Waals surface area contributed by atoms with Gasteiger partial charge in [0, 0.05) is 45.0 Å². The molecule has 0 radical (unpaired) electrons. The molecular weight excluding hydrogens is 272 g/mol. The van der Waals surface area contributed by atoms with Gasteiger partial charge >= 0.3 is 0 Å². The molecule has 1 aromatic heterocycles. The zero-order valence-electron chi connectivity index (χ0n) is 12.7. The molecule has 1 N–H and O–H groups in total. The van der Waals surface area contributed by atoms with Crippen molar-refractivity contribution >= 4 is 17.4 Å². The van der Waals surface area contributed by atoms with Crippen molar-refractivity contribution in [2.45, 2.75) is 33.4 Å². The first-order valence-corrected chi connectivity index (χ1v) is 7.83. The van der Waals surface area contributed by atoms with Gasteiger partial charge in [-0.05, 0) is 32.0 Å². The Morgan fingerprint density at radius 1 is 1.30 bits per heavy atom. The molecule has 5 heteroatoms. The first-order valence-electron chi connectivity index (χ1n) is 7.46. The normalized spacial score (nSPS) is 16.9. The topological polar surface area (TPSA) is 31.4 Å². The van der Waals surface area contributed by atoms with Crippen molar-refractivity contribution in [3.63, 3.8) is 0 Å². The van der Waals surface area contributed by atoms with E-state index in [2.05, 4.69) is 40.9 Å². The van der Waals surface area contributed by atoms with Crippen molar-refractivity contribution in [2.75, 3.05) is 37.6 Å². The quantitative estimate of drug-likeness (QED) is 0.904. The van der Waals surface area contributed by atoms with Crippen molar-refractivity contribution < 1.29 is 0 Å². The van der Waals surface area contributed by atoms with Crippen LogP contribution in [-0.2, 0) is 6.54 Å². The molecule has 0 atom stereocenters. The van der Waals surface area contributed by atoms with Crippen molar-refractivity contribution in [3.8, 4) is 0 Å². The van der Waals surface area contributed by atoms with Gasteiger partial charge in [0.25, 0.3) is 0 Å². The van der Waals surface area contributed by atoms with E-state index in [0.29, 0.717) is 6.04 Å². The van der Waals surface area contributed by atoms with E-state index in [1.165, 1.54) is 0 Å². The molecule has 4 nitrogen and oxygen atoms in total. The Morgan fingerprint density at radius 2 is 2.00 bits per heavy atom. The van der Waals surface area contributed by atoms with Crippen LogP contribution in [0.3, 0.4) is 0 Å². The number of nitrogens with zero attached hydrogens (tertiary/aromatic N) is 3.